The topological polar surface area (TPSA) is 136 Å². The summed E-state index contributed by atoms with van der Waals surface area (Å²) < 4.78 is 10.2. The van der Waals surface area contributed by atoms with Crippen molar-refractivity contribution in [1.82, 2.24) is 4.90 Å². The van der Waals surface area contributed by atoms with Gasteiger partial charge in [0.25, 0.3) is 5.69 Å². The van der Waals surface area contributed by atoms with Crippen molar-refractivity contribution in [3.63, 3.8) is 0 Å². The average molecular weight is 422 g/mol. The third kappa shape index (κ3) is 6.43. The van der Waals surface area contributed by atoms with E-state index < -0.39 is 28.1 Å². The van der Waals surface area contributed by atoms with Gasteiger partial charge in [0, 0.05) is 24.6 Å². The van der Waals surface area contributed by atoms with Gasteiger partial charge in [-0.1, -0.05) is 19.3 Å². The van der Waals surface area contributed by atoms with Gasteiger partial charge in [0.15, 0.2) is 0 Å². The number of methoxy groups -OCH3 is 1. The van der Waals surface area contributed by atoms with Gasteiger partial charge in [-0.05, 0) is 25.3 Å². The van der Waals surface area contributed by atoms with Crippen LogP contribution in [0.3, 0.4) is 0 Å². The summed E-state index contributed by atoms with van der Waals surface area (Å²) in [6.45, 7) is 0.0462. The van der Waals surface area contributed by atoms with Crippen molar-refractivity contribution in [3.8, 4) is 5.75 Å². The van der Waals surface area contributed by atoms with Gasteiger partial charge >= 0.3 is 11.9 Å². The van der Waals surface area contributed by atoms with Crippen molar-refractivity contribution >= 4 is 23.5 Å². The van der Waals surface area contributed by atoms with Crippen LogP contribution in [0.15, 0.2) is 18.2 Å². The van der Waals surface area contributed by atoms with E-state index in [9.17, 15) is 24.5 Å². The number of carbonyl (C=O) groups is 3. The number of nitro groups is 1. The van der Waals surface area contributed by atoms with Crippen molar-refractivity contribution in [3.05, 3.63) is 33.9 Å². The van der Waals surface area contributed by atoms with E-state index in [-0.39, 0.29) is 37.3 Å². The number of hydrogen-bond donors (Lipinski definition) is 1. The van der Waals surface area contributed by atoms with Crippen LogP contribution in [0.2, 0.25) is 0 Å². The standard InChI is InChI=1S/C20H26N2O8/c1-29-19(24)13-21(14-6-3-2-4-7-14)18(23)8-5-11-30-15-9-10-17(22(27)28)16(12-15)20(25)26/h9-10,12,14H,2-8,11,13H2,1H3,(H,25,26). The molecular formula is C20H26N2O8. The Morgan fingerprint density at radius 2 is 1.93 bits per heavy atom. The van der Waals surface area contributed by atoms with Crippen LogP contribution in [-0.4, -0.2) is 59.1 Å². The van der Waals surface area contributed by atoms with Crippen LogP contribution in [0.4, 0.5) is 5.69 Å². The number of hydrogen-bond acceptors (Lipinski definition) is 7. The van der Waals surface area contributed by atoms with Gasteiger partial charge in [0.05, 0.1) is 18.6 Å². The second-order valence-electron chi connectivity index (χ2n) is 7.08. The lowest BCUT2D eigenvalue weighted by Crippen LogP contribution is -2.44. The summed E-state index contributed by atoms with van der Waals surface area (Å²) in [7, 11) is 1.29. The number of carbonyl (C=O) groups excluding carboxylic acids is 2. The summed E-state index contributed by atoms with van der Waals surface area (Å²) in [4.78, 5) is 47.3. The number of nitro benzene ring substituents is 1. The van der Waals surface area contributed by atoms with E-state index in [2.05, 4.69) is 0 Å². The number of carboxylic acid groups (broad SMARTS) is 1. The molecule has 0 spiro atoms. The Kier molecular flexibility index (Phi) is 8.57. The zero-order chi connectivity index (χ0) is 22.1. The molecule has 0 heterocycles. The Morgan fingerprint density at radius 3 is 2.53 bits per heavy atom. The first-order chi connectivity index (χ1) is 14.3. The molecule has 1 fully saturated rings. The largest absolute Gasteiger partial charge is 0.494 e. The molecule has 1 aromatic carbocycles. The number of esters is 1. The first kappa shape index (κ1) is 23.1. The lowest BCUT2D eigenvalue weighted by Gasteiger charge is -2.33. The number of amides is 1. The van der Waals surface area contributed by atoms with Gasteiger partial charge in [-0.25, -0.2) is 4.79 Å². The Morgan fingerprint density at radius 1 is 1.23 bits per heavy atom. The molecule has 1 N–H and O–H groups in total. The molecule has 1 amide bonds. The smallest absolute Gasteiger partial charge is 0.342 e. The fourth-order valence-corrected chi connectivity index (χ4v) is 3.51. The maximum Gasteiger partial charge on any atom is 0.342 e. The molecule has 0 bridgehead atoms. The summed E-state index contributed by atoms with van der Waals surface area (Å²) in [5, 5.41) is 20.0. The molecule has 2 rings (SSSR count). The molecule has 0 aromatic heterocycles. The van der Waals surface area contributed by atoms with Crippen LogP contribution in [0.1, 0.15) is 55.3 Å². The maximum atomic E-state index is 12.7. The summed E-state index contributed by atoms with van der Waals surface area (Å²) in [5.74, 6) is -1.87. The summed E-state index contributed by atoms with van der Waals surface area (Å²) in [6.07, 6.45) is 5.39. The molecule has 10 heteroatoms. The monoisotopic (exact) mass is 422 g/mol. The summed E-state index contributed by atoms with van der Waals surface area (Å²) in [5.41, 5.74) is -0.980. The predicted molar refractivity (Wildman–Crippen MR) is 105 cm³/mol. The molecule has 1 aromatic rings. The van der Waals surface area contributed by atoms with Crippen molar-refractivity contribution in [2.45, 2.75) is 51.0 Å². The van der Waals surface area contributed by atoms with E-state index in [4.69, 9.17) is 14.6 Å². The van der Waals surface area contributed by atoms with Crippen LogP contribution in [0.5, 0.6) is 5.75 Å². The molecule has 0 unspecified atom stereocenters. The number of carboxylic acids is 1. The highest BCUT2D eigenvalue weighted by molar-refractivity contribution is 5.92. The second kappa shape index (κ2) is 11.1. The fourth-order valence-electron chi connectivity index (χ4n) is 3.51. The van der Waals surface area contributed by atoms with Crippen molar-refractivity contribution in [2.24, 2.45) is 0 Å². The molecule has 0 saturated heterocycles. The molecule has 0 atom stereocenters. The van der Waals surface area contributed by atoms with E-state index in [1.165, 1.54) is 13.2 Å². The van der Waals surface area contributed by atoms with E-state index in [0.717, 1.165) is 44.2 Å². The van der Waals surface area contributed by atoms with Gasteiger partial charge < -0.3 is 19.5 Å². The minimum absolute atomic E-state index is 0.0269. The zero-order valence-electron chi connectivity index (χ0n) is 16.9. The summed E-state index contributed by atoms with van der Waals surface area (Å²) >= 11 is 0. The van der Waals surface area contributed by atoms with E-state index in [1.807, 2.05) is 0 Å². The first-order valence-electron chi connectivity index (χ1n) is 9.84. The van der Waals surface area contributed by atoms with E-state index in [1.54, 1.807) is 4.90 Å². The van der Waals surface area contributed by atoms with E-state index in [0.29, 0.717) is 6.42 Å². The van der Waals surface area contributed by atoms with Crippen LogP contribution < -0.4 is 4.74 Å². The number of aromatic carboxylic acids is 1. The molecule has 1 aliphatic rings. The van der Waals surface area contributed by atoms with Gasteiger partial charge in [0.2, 0.25) is 5.91 Å². The number of ether oxygens (including phenoxy) is 2. The van der Waals surface area contributed by atoms with Gasteiger partial charge in [-0.3, -0.25) is 19.7 Å². The van der Waals surface area contributed by atoms with Gasteiger partial charge in [-0.15, -0.1) is 0 Å². The predicted octanol–water partition coefficient (Wildman–Crippen LogP) is 2.79. The lowest BCUT2D eigenvalue weighted by atomic mass is 9.94. The van der Waals surface area contributed by atoms with Crippen LogP contribution >= 0.6 is 0 Å². The number of benzene rings is 1. The SMILES string of the molecule is COC(=O)CN(C(=O)CCCOc1ccc([N+](=O)[O-])c(C(=O)O)c1)C1CCCCC1. The Labute approximate surface area is 173 Å². The molecule has 164 valence electrons. The van der Waals surface area contributed by atoms with Crippen LogP contribution in [0, 0.1) is 10.1 Å². The summed E-state index contributed by atoms with van der Waals surface area (Å²) in [6, 6.07) is 3.51. The molecule has 30 heavy (non-hydrogen) atoms. The molecule has 0 aliphatic heterocycles. The lowest BCUT2D eigenvalue weighted by molar-refractivity contribution is -0.385. The highest BCUT2D eigenvalue weighted by Gasteiger charge is 2.27. The average Bonchev–Trinajstić information content (AvgIpc) is 2.74. The minimum atomic E-state index is -1.42. The third-order valence-corrected chi connectivity index (χ3v) is 5.06. The van der Waals surface area contributed by atoms with Gasteiger partial charge in [0.1, 0.15) is 17.9 Å². The molecule has 1 aliphatic carbocycles. The molecule has 0 radical (unpaired) electrons. The Balaban J connectivity index is 1.91. The highest BCUT2D eigenvalue weighted by atomic mass is 16.6. The Bertz CT molecular complexity index is 789. The second-order valence-corrected chi connectivity index (χ2v) is 7.08. The zero-order valence-corrected chi connectivity index (χ0v) is 16.9. The maximum absolute atomic E-state index is 12.7. The normalized spacial score (nSPS) is 14.0. The van der Waals surface area contributed by atoms with Crippen LogP contribution in [-0.2, 0) is 14.3 Å². The van der Waals surface area contributed by atoms with Gasteiger partial charge in [-0.2, -0.15) is 0 Å². The Hall–Kier alpha value is -3.17. The highest BCUT2D eigenvalue weighted by Crippen LogP contribution is 2.25. The molecular weight excluding hydrogens is 396 g/mol. The number of rotatable bonds is 10. The van der Waals surface area contributed by atoms with Crippen molar-refractivity contribution in [2.75, 3.05) is 20.3 Å². The number of nitrogens with zero attached hydrogens (tertiary/aromatic N) is 2. The third-order valence-electron chi connectivity index (χ3n) is 5.06. The van der Waals surface area contributed by atoms with Crippen molar-refractivity contribution in [1.29, 1.82) is 0 Å². The molecule has 10 nitrogen and oxygen atoms in total. The van der Waals surface area contributed by atoms with E-state index >= 15 is 0 Å². The fraction of sp³-hybridized carbons (Fsp3) is 0.550. The quantitative estimate of drug-likeness (QED) is 0.263. The minimum Gasteiger partial charge on any atom is -0.494 e. The first-order valence-corrected chi connectivity index (χ1v) is 9.84. The van der Waals surface area contributed by atoms with Crippen molar-refractivity contribution < 1.29 is 33.9 Å². The van der Waals surface area contributed by atoms with Crippen LogP contribution in [0.25, 0.3) is 0 Å². The molecule has 1 saturated carbocycles.